The molecule has 5 nitrogen and oxygen atoms in total. The first-order chi connectivity index (χ1) is 14.6. The van der Waals surface area contributed by atoms with Crippen LogP contribution in [0.15, 0.2) is 66.9 Å². The highest BCUT2D eigenvalue weighted by Crippen LogP contribution is 2.25. The summed E-state index contributed by atoms with van der Waals surface area (Å²) >= 11 is 0. The van der Waals surface area contributed by atoms with Gasteiger partial charge in [-0.25, -0.2) is 9.97 Å². The van der Waals surface area contributed by atoms with Gasteiger partial charge in [0.2, 0.25) is 5.91 Å². The first-order valence-electron chi connectivity index (χ1n) is 10.6. The number of nitrogens with one attached hydrogen (secondary N) is 1. The molecule has 0 radical (unpaired) electrons. The van der Waals surface area contributed by atoms with Gasteiger partial charge in [0.25, 0.3) is 0 Å². The Bertz CT molecular complexity index is 986. The van der Waals surface area contributed by atoms with Crippen molar-refractivity contribution < 1.29 is 4.79 Å². The van der Waals surface area contributed by atoms with Gasteiger partial charge >= 0.3 is 0 Å². The van der Waals surface area contributed by atoms with Crippen LogP contribution in [0.4, 0.5) is 11.5 Å². The van der Waals surface area contributed by atoms with E-state index in [4.69, 9.17) is 4.98 Å². The highest BCUT2D eigenvalue weighted by molar-refractivity contribution is 5.93. The second kappa shape index (κ2) is 9.08. The fraction of sp³-hybridized carbons (Fsp3) is 0.320. The molecule has 2 aromatic carbocycles. The Morgan fingerprint density at radius 2 is 1.83 bits per heavy atom. The number of carbonyl (C=O) groups excluding carboxylic acids is 1. The molecule has 0 aliphatic carbocycles. The van der Waals surface area contributed by atoms with E-state index >= 15 is 0 Å². The third-order valence-electron chi connectivity index (χ3n) is 5.63. The lowest BCUT2D eigenvalue weighted by molar-refractivity contribution is -0.120. The summed E-state index contributed by atoms with van der Waals surface area (Å²) in [4.78, 5) is 24.2. The maximum atomic E-state index is 12.9. The van der Waals surface area contributed by atoms with Crippen LogP contribution in [0.3, 0.4) is 0 Å². The number of rotatable bonds is 5. The third-order valence-corrected chi connectivity index (χ3v) is 5.63. The van der Waals surface area contributed by atoms with E-state index < -0.39 is 0 Å². The van der Waals surface area contributed by atoms with E-state index in [1.54, 1.807) is 6.20 Å². The first kappa shape index (κ1) is 20.1. The first-order valence-corrected chi connectivity index (χ1v) is 10.6. The van der Waals surface area contributed by atoms with Crippen molar-refractivity contribution >= 4 is 17.4 Å². The van der Waals surface area contributed by atoms with Crippen molar-refractivity contribution in [2.24, 2.45) is 5.92 Å². The Kier molecular flexibility index (Phi) is 6.07. The quantitative estimate of drug-likeness (QED) is 0.646. The molecule has 1 amide bonds. The predicted octanol–water partition coefficient (Wildman–Crippen LogP) is 5.12. The smallest absolute Gasteiger partial charge is 0.229 e. The van der Waals surface area contributed by atoms with E-state index in [0.29, 0.717) is 18.3 Å². The minimum absolute atomic E-state index is 0.0568. The maximum absolute atomic E-state index is 12.9. The Morgan fingerprint density at radius 3 is 2.57 bits per heavy atom. The zero-order chi connectivity index (χ0) is 20.9. The zero-order valence-corrected chi connectivity index (χ0v) is 17.6. The number of piperidine rings is 1. The van der Waals surface area contributed by atoms with Crippen molar-refractivity contribution in [3.63, 3.8) is 0 Å². The summed E-state index contributed by atoms with van der Waals surface area (Å²) in [6.45, 7) is 5.90. The number of aromatic nitrogens is 2. The molecule has 0 unspecified atom stereocenters. The highest BCUT2D eigenvalue weighted by Gasteiger charge is 2.27. The number of hydrogen-bond acceptors (Lipinski definition) is 4. The van der Waals surface area contributed by atoms with Crippen LogP contribution >= 0.6 is 0 Å². The molecule has 0 spiro atoms. The van der Waals surface area contributed by atoms with Gasteiger partial charge in [0.1, 0.15) is 5.82 Å². The second-order valence-electron chi connectivity index (χ2n) is 8.16. The van der Waals surface area contributed by atoms with E-state index in [2.05, 4.69) is 41.2 Å². The van der Waals surface area contributed by atoms with Crippen LogP contribution in [-0.2, 0) is 4.79 Å². The van der Waals surface area contributed by atoms with E-state index in [-0.39, 0.29) is 11.8 Å². The second-order valence-corrected chi connectivity index (χ2v) is 8.16. The Morgan fingerprint density at radius 1 is 1.07 bits per heavy atom. The van der Waals surface area contributed by atoms with Gasteiger partial charge < -0.3 is 10.2 Å². The molecule has 1 atom stereocenters. The summed E-state index contributed by atoms with van der Waals surface area (Å²) in [5.41, 5.74) is 3.13. The van der Waals surface area contributed by atoms with Crippen LogP contribution in [0.5, 0.6) is 0 Å². The number of nitrogens with zero attached hydrogens (tertiary/aromatic N) is 3. The summed E-state index contributed by atoms with van der Waals surface area (Å²) in [5.74, 6) is 2.09. The fourth-order valence-corrected chi connectivity index (χ4v) is 3.85. The lowest BCUT2D eigenvalue weighted by atomic mass is 9.97. The van der Waals surface area contributed by atoms with E-state index in [9.17, 15) is 4.79 Å². The number of hydrogen-bond donors (Lipinski definition) is 1. The Balaban J connectivity index is 1.43. The van der Waals surface area contributed by atoms with Crippen molar-refractivity contribution in [2.75, 3.05) is 23.3 Å². The molecular formula is C25H28N4O. The average Bonchev–Trinajstić information content (AvgIpc) is 2.80. The highest BCUT2D eigenvalue weighted by atomic mass is 16.1. The molecule has 0 bridgehead atoms. The van der Waals surface area contributed by atoms with Crippen molar-refractivity contribution in [1.29, 1.82) is 0 Å². The predicted molar refractivity (Wildman–Crippen MR) is 122 cm³/mol. The van der Waals surface area contributed by atoms with Crippen molar-refractivity contribution in [2.45, 2.75) is 32.6 Å². The van der Waals surface area contributed by atoms with E-state index in [0.717, 1.165) is 36.5 Å². The van der Waals surface area contributed by atoms with Crippen LogP contribution in [0.2, 0.25) is 0 Å². The molecule has 2 heterocycles. The van der Waals surface area contributed by atoms with Crippen molar-refractivity contribution in [1.82, 2.24) is 9.97 Å². The van der Waals surface area contributed by atoms with Crippen LogP contribution in [0, 0.1) is 5.92 Å². The standard InChI is InChI=1S/C25H28N4O/c1-18(2)19-10-12-22(13-11-19)27-25(30)21-9-6-16-29(17-21)23-14-15-26-24(28-23)20-7-4-3-5-8-20/h3-5,7-8,10-15,18,21H,6,9,16-17H2,1-2H3,(H,27,30)/t21-/m1/s1. The van der Waals surface area contributed by atoms with E-state index in [1.165, 1.54) is 5.56 Å². The summed E-state index contributed by atoms with van der Waals surface area (Å²) < 4.78 is 0. The molecular weight excluding hydrogens is 372 g/mol. The summed E-state index contributed by atoms with van der Waals surface area (Å²) in [6.07, 6.45) is 3.66. The van der Waals surface area contributed by atoms with Crippen molar-refractivity contribution in [3.8, 4) is 11.4 Å². The monoisotopic (exact) mass is 400 g/mol. The van der Waals surface area contributed by atoms with Gasteiger partial charge in [0.15, 0.2) is 5.82 Å². The van der Waals surface area contributed by atoms with Gasteiger partial charge in [-0.05, 0) is 42.5 Å². The molecule has 5 heteroatoms. The summed E-state index contributed by atoms with van der Waals surface area (Å²) in [7, 11) is 0. The molecule has 1 aromatic heterocycles. The average molecular weight is 401 g/mol. The lowest BCUT2D eigenvalue weighted by Gasteiger charge is -2.33. The van der Waals surface area contributed by atoms with E-state index in [1.807, 2.05) is 48.5 Å². The molecule has 1 aliphatic heterocycles. The largest absolute Gasteiger partial charge is 0.356 e. The van der Waals surface area contributed by atoms with Crippen LogP contribution in [0.25, 0.3) is 11.4 Å². The molecule has 1 fully saturated rings. The van der Waals surface area contributed by atoms with Crippen LogP contribution in [-0.4, -0.2) is 29.0 Å². The number of carbonyl (C=O) groups is 1. The molecule has 0 saturated carbocycles. The Labute approximate surface area is 178 Å². The SMILES string of the molecule is CC(C)c1ccc(NC(=O)[C@@H]2CCCN(c3ccnc(-c4ccccc4)n3)C2)cc1. The van der Waals surface area contributed by atoms with Crippen LogP contribution < -0.4 is 10.2 Å². The minimum Gasteiger partial charge on any atom is -0.356 e. The molecule has 1 aliphatic rings. The fourth-order valence-electron chi connectivity index (χ4n) is 3.85. The van der Waals surface area contributed by atoms with Gasteiger partial charge in [0, 0.05) is 30.5 Å². The minimum atomic E-state index is -0.0568. The molecule has 4 rings (SSSR count). The Hall–Kier alpha value is -3.21. The molecule has 30 heavy (non-hydrogen) atoms. The number of anilines is 2. The van der Waals surface area contributed by atoms with Crippen LogP contribution in [0.1, 0.15) is 38.2 Å². The number of amides is 1. The molecule has 3 aromatic rings. The summed E-state index contributed by atoms with van der Waals surface area (Å²) in [5, 5.41) is 3.09. The topological polar surface area (TPSA) is 58.1 Å². The van der Waals surface area contributed by atoms with Gasteiger partial charge in [-0.2, -0.15) is 0 Å². The van der Waals surface area contributed by atoms with Gasteiger partial charge in [-0.15, -0.1) is 0 Å². The normalized spacial score (nSPS) is 16.5. The summed E-state index contributed by atoms with van der Waals surface area (Å²) in [6, 6.07) is 20.1. The lowest BCUT2D eigenvalue weighted by Crippen LogP contribution is -2.41. The zero-order valence-electron chi connectivity index (χ0n) is 17.6. The molecule has 1 saturated heterocycles. The third kappa shape index (κ3) is 4.67. The molecule has 1 N–H and O–H groups in total. The van der Waals surface area contributed by atoms with Gasteiger partial charge in [-0.1, -0.05) is 56.3 Å². The molecule has 154 valence electrons. The van der Waals surface area contributed by atoms with Gasteiger partial charge in [0.05, 0.1) is 5.92 Å². The number of benzene rings is 2. The maximum Gasteiger partial charge on any atom is 0.229 e. The van der Waals surface area contributed by atoms with Crippen molar-refractivity contribution in [3.05, 3.63) is 72.4 Å². The van der Waals surface area contributed by atoms with Gasteiger partial charge in [-0.3, -0.25) is 4.79 Å².